The molecule has 0 aliphatic rings. The lowest BCUT2D eigenvalue weighted by Gasteiger charge is -2.16. The van der Waals surface area contributed by atoms with Crippen molar-refractivity contribution in [3.05, 3.63) is 212 Å². The van der Waals surface area contributed by atoms with Gasteiger partial charge in [-0.05, 0) is 123 Å². The molecular weight excluding hydrogens is 691 g/mol. The monoisotopic (exact) mass is 730 g/mol. The topological polar surface area (TPSA) is 14.8 Å². The van der Waals surface area contributed by atoms with E-state index < -0.39 is 6.04 Å². The second-order valence-electron chi connectivity index (χ2n) is 14.7. The molecule has 0 amide bonds. The summed E-state index contributed by atoms with van der Waals surface area (Å²) in [6.07, 6.45) is 0. The third kappa shape index (κ3) is 4.99. The molecule has 57 heavy (non-hydrogen) atoms. The van der Waals surface area contributed by atoms with Gasteiger partial charge in [-0.15, -0.1) is 0 Å². The highest BCUT2D eigenvalue weighted by atomic mass is 15.0. The lowest BCUT2D eigenvalue weighted by Crippen LogP contribution is -1.99. The van der Waals surface area contributed by atoms with Crippen molar-refractivity contribution in [2.24, 2.45) is 0 Å². The SMILES string of the molecule is [2H]c1c([2H])c([2H])c(-n2c3cccc(c3)c3cccc(c3)n(-c3ccc4c5ccccc5n(-c5cccc6ccccc56)c4c3)c3ccc4ccc5ccc2cc5c4c3)c([2H])c1[2H]. The number of fused-ring (bicyclic) bond motifs is 11. The van der Waals surface area contributed by atoms with Crippen LogP contribution in [-0.4, -0.2) is 13.7 Å². The summed E-state index contributed by atoms with van der Waals surface area (Å²) < 4.78 is 50.3. The van der Waals surface area contributed by atoms with Crippen molar-refractivity contribution in [2.75, 3.05) is 0 Å². The van der Waals surface area contributed by atoms with E-state index in [0.717, 1.165) is 65.8 Å². The fourth-order valence-electron chi connectivity index (χ4n) is 8.92. The molecule has 3 heteroatoms. The van der Waals surface area contributed by atoms with Gasteiger partial charge in [-0.1, -0.05) is 127 Å². The van der Waals surface area contributed by atoms with Gasteiger partial charge in [0.15, 0.2) is 0 Å². The van der Waals surface area contributed by atoms with E-state index in [1.807, 2.05) is 24.3 Å². The third-order valence-corrected chi connectivity index (χ3v) is 11.5. The second-order valence-corrected chi connectivity index (χ2v) is 14.7. The van der Waals surface area contributed by atoms with Crippen LogP contribution in [0.15, 0.2) is 212 Å². The molecule has 0 aliphatic heterocycles. The maximum Gasteiger partial charge on any atom is 0.0645 e. The van der Waals surface area contributed by atoms with Crippen molar-refractivity contribution in [3.63, 3.8) is 0 Å². The number of benzene rings is 10. The minimum absolute atomic E-state index is 0.0942. The molecule has 10 aromatic carbocycles. The van der Waals surface area contributed by atoms with Crippen LogP contribution in [0, 0.1) is 0 Å². The van der Waals surface area contributed by atoms with Gasteiger partial charge in [0.25, 0.3) is 0 Å². The second kappa shape index (κ2) is 12.5. The van der Waals surface area contributed by atoms with Crippen LogP contribution in [0.5, 0.6) is 0 Å². The van der Waals surface area contributed by atoms with Gasteiger partial charge in [0.05, 0.1) is 23.6 Å². The van der Waals surface area contributed by atoms with Gasteiger partial charge < -0.3 is 13.7 Å². The van der Waals surface area contributed by atoms with Crippen LogP contribution in [0.4, 0.5) is 0 Å². The van der Waals surface area contributed by atoms with E-state index in [1.54, 1.807) is 4.57 Å². The molecular formula is C54H35N3. The van der Waals surface area contributed by atoms with Gasteiger partial charge >= 0.3 is 0 Å². The Kier molecular flexibility index (Phi) is 5.91. The highest BCUT2D eigenvalue weighted by molar-refractivity contribution is 6.12. The number of rotatable bonds is 3. The number of para-hydroxylation sites is 2. The van der Waals surface area contributed by atoms with Crippen molar-refractivity contribution in [1.29, 1.82) is 0 Å². The quantitative estimate of drug-likeness (QED) is 0.161. The Morgan fingerprint density at radius 3 is 1.54 bits per heavy atom. The van der Waals surface area contributed by atoms with Crippen LogP contribution in [-0.2, 0) is 0 Å². The summed E-state index contributed by atoms with van der Waals surface area (Å²) in [6, 6.07) is 62.2. The van der Waals surface area contributed by atoms with Crippen molar-refractivity contribution < 1.29 is 6.85 Å². The average molecular weight is 731 g/mol. The summed E-state index contributed by atoms with van der Waals surface area (Å²) in [5.74, 6) is 0. The molecule has 0 unspecified atom stereocenters. The molecule has 0 fully saturated rings. The molecule has 0 radical (unpaired) electrons. The molecule has 0 spiro atoms. The highest BCUT2D eigenvalue weighted by Gasteiger charge is 2.16. The molecule has 2 aromatic heterocycles. The Hall–Kier alpha value is -7.62. The van der Waals surface area contributed by atoms with Crippen molar-refractivity contribution in [2.45, 2.75) is 0 Å². The van der Waals surface area contributed by atoms with Gasteiger partial charge in [-0.25, -0.2) is 0 Å². The molecule has 12 rings (SSSR count). The maximum atomic E-state index is 9.07. The summed E-state index contributed by atoms with van der Waals surface area (Å²) >= 11 is 0. The zero-order chi connectivity index (χ0) is 41.8. The Morgan fingerprint density at radius 2 is 0.825 bits per heavy atom. The fourth-order valence-corrected chi connectivity index (χ4v) is 8.92. The summed E-state index contributed by atoms with van der Waals surface area (Å²) in [4.78, 5) is 0. The van der Waals surface area contributed by atoms with E-state index in [1.165, 1.54) is 21.5 Å². The summed E-state index contributed by atoms with van der Waals surface area (Å²) in [5.41, 5.74) is 7.78. The third-order valence-electron chi connectivity index (χ3n) is 11.5. The van der Waals surface area contributed by atoms with Gasteiger partial charge in [-0.2, -0.15) is 0 Å². The molecule has 0 atom stereocenters. The number of nitrogens with zero attached hydrogens (tertiary/aromatic N) is 3. The molecule has 3 nitrogen and oxygen atoms in total. The zero-order valence-electron chi connectivity index (χ0n) is 35.7. The normalized spacial score (nSPS) is 13.1. The van der Waals surface area contributed by atoms with Gasteiger partial charge in [0.2, 0.25) is 0 Å². The molecule has 0 aliphatic carbocycles. The molecule has 0 saturated carbocycles. The van der Waals surface area contributed by atoms with Gasteiger partial charge in [0, 0.05) is 49.6 Å². The van der Waals surface area contributed by atoms with Crippen molar-refractivity contribution in [1.82, 2.24) is 13.7 Å². The standard InChI is InChI=1S/C54H35N3/c1-2-15-41(16-3-1)55-42-17-8-13-39(31-42)40-14-9-18-43(32-40)56(45-28-26-38-24-23-37-25-27-44(55)33-50(37)51(38)34-45)46-29-30-49-48-20-6-7-21-53(48)57(54(49)35-46)52-22-10-12-36-11-4-5-19-47(36)52/h1-35H/i1D,2D,3D,15D,16D. The molecule has 8 bridgehead atoms. The fraction of sp³-hybridized carbons (Fsp3) is 0. The predicted molar refractivity (Wildman–Crippen MR) is 242 cm³/mol. The van der Waals surface area contributed by atoms with Crippen LogP contribution >= 0.6 is 0 Å². The van der Waals surface area contributed by atoms with Crippen LogP contribution < -0.4 is 0 Å². The van der Waals surface area contributed by atoms with E-state index >= 15 is 0 Å². The first-order chi connectivity index (χ1) is 30.3. The van der Waals surface area contributed by atoms with E-state index in [9.17, 15) is 0 Å². The molecule has 0 saturated heterocycles. The minimum atomic E-state index is -0.424. The Labute approximate surface area is 335 Å². The van der Waals surface area contributed by atoms with Crippen molar-refractivity contribution >= 4 is 87.0 Å². The zero-order valence-corrected chi connectivity index (χ0v) is 30.7. The first kappa shape index (κ1) is 27.0. The first-order valence-corrected chi connectivity index (χ1v) is 19.2. The van der Waals surface area contributed by atoms with Gasteiger partial charge in [0.1, 0.15) is 0 Å². The molecule has 2 heterocycles. The number of aromatic nitrogens is 3. The minimum Gasteiger partial charge on any atom is -0.310 e. The molecule has 0 N–H and O–H groups in total. The van der Waals surface area contributed by atoms with E-state index in [0.29, 0.717) is 11.0 Å². The summed E-state index contributed by atoms with van der Waals surface area (Å²) in [7, 11) is 0. The lowest BCUT2D eigenvalue weighted by molar-refractivity contribution is 1.15. The maximum absolute atomic E-state index is 9.07. The summed E-state index contributed by atoms with van der Waals surface area (Å²) in [5, 5.41) is 10.7. The largest absolute Gasteiger partial charge is 0.310 e. The predicted octanol–water partition coefficient (Wildman–Crippen LogP) is 14.4. The number of hydrogen-bond donors (Lipinski definition) is 0. The van der Waals surface area contributed by atoms with E-state index in [2.05, 4.69) is 167 Å². The Bertz CT molecular complexity index is 3920. The average Bonchev–Trinajstić information content (AvgIpc) is 3.64. The van der Waals surface area contributed by atoms with Crippen molar-refractivity contribution in [3.8, 4) is 17.1 Å². The Balaban J connectivity index is 1.23. The van der Waals surface area contributed by atoms with Crippen LogP contribution in [0.2, 0.25) is 0 Å². The highest BCUT2D eigenvalue weighted by Crippen LogP contribution is 2.37. The lowest BCUT2D eigenvalue weighted by atomic mass is 10.0. The smallest absolute Gasteiger partial charge is 0.0645 e. The first-order valence-electron chi connectivity index (χ1n) is 21.7. The van der Waals surface area contributed by atoms with Crippen LogP contribution in [0.25, 0.3) is 104 Å². The van der Waals surface area contributed by atoms with E-state index in [-0.39, 0.29) is 29.9 Å². The Morgan fingerprint density at radius 1 is 0.298 bits per heavy atom. The van der Waals surface area contributed by atoms with Gasteiger partial charge in [-0.3, -0.25) is 0 Å². The molecule has 266 valence electrons. The number of hydrogen-bond acceptors (Lipinski definition) is 0. The summed E-state index contributed by atoms with van der Waals surface area (Å²) in [6.45, 7) is 0. The van der Waals surface area contributed by atoms with Crippen LogP contribution in [0.1, 0.15) is 6.85 Å². The van der Waals surface area contributed by atoms with Crippen LogP contribution in [0.3, 0.4) is 0 Å². The molecule has 12 aromatic rings. The van der Waals surface area contributed by atoms with E-state index in [4.69, 9.17) is 6.85 Å².